The number of aliphatic hydroxyl groups is 1. The molecule has 0 aliphatic rings. The van der Waals surface area contributed by atoms with Gasteiger partial charge in [-0.3, -0.25) is 9.48 Å². The van der Waals surface area contributed by atoms with Crippen LogP contribution in [-0.4, -0.2) is 45.5 Å². The summed E-state index contributed by atoms with van der Waals surface area (Å²) in [6, 6.07) is 1.75. The van der Waals surface area contributed by atoms with Crippen LogP contribution in [-0.2, 0) is 11.3 Å². The molecule has 2 N–H and O–H groups in total. The van der Waals surface area contributed by atoms with Crippen LogP contribution in [0.2, 0.25) is 0 Å². The second-order valence-electron chi connectivity index (χ2n) is 4.10. The lowest BCUT2D eigenvalue weighted by atomic mass is 10.2. The van der Waals surface area contributed by atoms with E-state index in [4.69, 9.17) is 5.11 Å². The largest absolute Gasteiger partial charge is 0.394 e. The molecule has 1 rings (SSSR count). The highest BCUT2D eigenvalue weighted by Crippen LogP contribution is 2.01. The molecular formula is C12H21N3O2S. The van der Waals surface area contributed by atoms with Crippen molar-refractivity contribution in [1.82, 2.24) is 15.1 Å². The molecule has 6 heteroatoms. The first kappa shape index (κ1) is 15.0. The summed E-state index contributed by atoms with van der Waals surface area (Å²) in [7, 11) is 0. The molecule has 1 aromatic heterocycles. The fourth-order valence-corrected chi connectivity index (χ4v) is 2.12. The van der Waals surface area contributed by atoms with Crippen molar-refractivity contribution in [2.24, 2.45) is 0 Å². The van der Waals surface area contributed by atoms with Gasteiger partial charge >= 0.3 is 0 Å². The topological polar surface area (TPSA) is 67.2 Å². The van der Waals surface area contributed by atoms with Gasteiger partial charge in [0, 0.05) is 25.4 Å². The third kappa shape index (κ3) is 6.07. The van der Waals surface area contributed by atoms with E-state index in [1.165, 1.54) is 0 Å². The maximum absolute atomic E-state index is 11.6. The van der Waals surface area contributed by atoms with Crippen molar-refractivity contribution >= 4 is 17.7 Å². The molecule has 18 heavy (non-hydrogen) atoms. The first-order chi connectivity index (χ1) is 8.76. The van der Waals surface area contributed by atoms with E-state index in [1.807, 2.05) is 23.2 Å². The fourth-order valence-electron chi connectivity index (χ4n) is 1.60. The molecule has 0 bridgehead atoms. The van der Waals surface area contributed by atoms with Crippen LogP contribution < -0.4 is 5.32 Å². The van der Waals surface area contributed by atoms with Crippen LogP contribution in [0.3, 0.4) is 0 Å². The van der Waals surface area contributed by atoms with Crippen LogP contribution in [0.4, 0.5) is 0 Å². The van der Waals surface area contributed by atoms with Gasteiger partial charge in [0.05, 0.1) is 12.6 Å². The summed E-state index contributed by atoms with van der Waals surface area (Å²) >= 11 is 1.71. The number of hydrogen-bond donors (Lipinski definition) is 2. The van der Waals surface area contributed by atoms with Gasteiger partial charge in [0.15, 0.2) is 0 Å². The van der Waals surface area contributed by atoms with Crippen molar-refractivity contribution in [3.05, 3.63) is 18.5 Å². The van der Waals surface area contributed by atoms with Crippen molar-refractivity contribution in [2.45, 2.75) is 31.8 Å². The Morgan fingerprint density at radius 2 is 2.44 bits per heavy atom. The van der Waals surface area contributed by atoms with E-state index in [-0.39, 0.29) is 18.6 Å². The lowest BCUT2D eigenvalue weighted by Crippen LogP contribution is -2.37. The third-order valence-electron chi connectivity index (χ3n) is 2.61. The van der Waals surface area contributed by atoms with Gasteiger partial charge in [0.2, 0.25) is 5.91 Å². The smallest absolute Gasteiger partial charge is 0.220 e. The van der Waals surface area contributed by atoms with Crippen molar-refractivity contribution in [2.75, 3.05) is 18.6 Å². The number of aliphatic hydroxyl groups excluding tert-OH is 1. The van der Waals surface area contributed by atoms with Gasteiger partial charge in [-0.05, 0) is 30.9 Å². The third-order valence-corrected chi connectivity index (χ3v) is 3.25. The average molecular weight is 271 g/mol. The molecule has 1 unspecified atom stereocenters. The lowest BCUT2D eigenvalue weighted by Gasteiger charge is -2.15. The minimum atomic E-state index is -0.116. The highest BCUT2D eigenvalue weighted by molar-refractivity contribution is 7.98. The molecule has 0 aliphatic heterocycles. The van der Waals surface area contributed by atoms with E-state index < -0.39 is 0 Å². The number of nitrogens with zero attached hydrogens (tertiary/aromatic N) is 2. The van der Waals surface area contributed by atoms with Gasteiger partial charge in [-0.25, -0.2) is 0 Å². The molecule has 1 aromatic rings. The van der Waals surface area contributed by atoms with Crippen LogP contribution in [0.5, 0.6) is 0 Å². The van der Waals surface area contributed by atoms with Crippen LogP contribution in [0, 0.1) is 0 Å². The summed E-state index contributed by atoms with van der Waals surface area (Å²) in [5, 5.41) is 16.1. The molecule has 1 atom stereocenters. The predicted octanol–water partition coefficient (Wildman–Crippen LogP) is 0.893. The average Bonchev–Trinajstić information content (AvgIpc) is 2.87. The first-order valence-electron chi connectivity index (χ1n) is 6.13. The number of carbonyl (C=O) groups excluding carboxylic acids is 1. The standard InChI is InChI=1S/C12H21N3O2S/c1-18-9-5-11(10-16)14-12(17)4-2-7-15-8-3-6-13-15/h3,6,8,11,16H,2,4-5,7,9-10H2,1H3,(H,14,17). The van der Waals surface area contributed by atoms with E-state index in [9.17, 15) is 4.79 Å². The van der Waals surface area contributed by atoms with Crippen LogP contribution in [0.25, 0.3) is 0 Å². The molecular weight excluding hydrogens is 250 g/mol. The molecule has 0 aromatic carbocycles. The Hall–Kier alpha value is -1.01. The lowest BCUT2D eigenvalue weighted by molar-refractivity contribution is -0.122. The highest BCUT2D eigenvalue weighted by atomic mass is 32.2. The minimum absolute atomic E-state index is 0.00214. The summed E-state index contributed by atoms with van der Waals surface area (Å²) in [4.78, 5) is 11.6. The SMILES string of the molecule is CSCCC(CO)NC(=O)CCCn1cccn1. The second kappa shape index (κ2) is 8.99. The van der Waals surface area contributed by atoms with E-state index in [0.29, 0.717) is 6.42 Å². The van der Waals surface area contributed by atoms with E-state index >= 15 is 0 Å². The molecule has 0 saturated carbocycles. The fraction of sp³-hybridized carbons (Fsp3) is 0.667. The van der Waals surface area contributed by atoms with Gasteiger partial charge in [-0.2, -0.15) is 16.9 Å². The summed E-state index contributed by atoms with van der Waals surface area (Å²) in [5.41, 5.74) is 0. The summed E-state index contributed by atoms with van der Waals surface area (Å²) in [6.45, 7) is 0.750. The number of aryl methyl sites for hydroxylation is 1. The molecule has 0 spiro atoms. The quantitative estimate of drug-likeness (QED) is 0.700. The van der Waals surface area contributed by atoms with E-state index in [0.717, 1.165) is 25.1 Å². The maximum atomic E-state index is 11.6. The van der Waals surface area contributed by atoms with E-state index in [1.54, 1.807) is 18.0 Å². The van der Waals surface area contributed by atoms with E-state index in [2.05, 4.69) is 10.4 Å². The summed E-state index contributed by atoms with van der Waals surface area (Å²) in [6.07, 6.45) is 7.66. The normalized spacial score (nSPS) is 12.3. The second-order valence-corrected chi connectivity index (χ2v) is 5.09. The minimum Gasteiger partial charge on any atom is -0.394 e. The van der Waals surface area contributed by atoms with Gasteiger partial charge < -0.3 is 10.4 Å². The Morgan fingerprint density at radius 1 is 1.61 bits per heavy atom. The highest BCUT2D eigenvalue weighted by Gasteiger charge is 2.10. The number of nitrogens with one attached hydrogen (secondary N) is 1. The summed E-state index contributed by atoms with van der Waals surface area (Å²) < 4.78 is 1.81. The van der Waals surface area contributed by atoms with Crippen molar-refractivity contribution < 1.29 is 9.90 Å². The van der Waals surface area contributed by atoms with Crippen molar-refractivity contribution in [3.63, 3.8) is 0 Å². The number of thioether (sulfide) groups is 1. The zero-order chi connectivity index (χ0) is 13.2. The van der Waals surface area contributed by atoms with Crippen LogP contribution in [0.1, 0.15) is 19.3 Å². The molecule has 0 fully saturated rings. The number of amides is 1. The van der Waals surface area contributed by atoms with Crippen LogP contribution in [0.15, 0.2) is 18.5 Å². The Bertz CT molecular complexity index is 330. The van der Waals surface area contributed by atoms with Gasteiger partial charge in [0.1, 0.15) is 0 Å². The van der Waals surface area contributed by atoms with Crippen molar-refractivity contribution in [1.29, 1.82) is 0 Å². The van der Waals surface area contributed by atoms with Gasteiger partial charge in [-0.1, -0.05) is 0 Å². The Kier molecular flexibility index (Phi) is 7.52. The molecule has 0 saturated heterocycles. The molecule has 102 valence electrons. The van der Waals surface area contributed by atoms with Crippen molar-refractivity contribution in [3.8, 4) is 0 Å². The zero-order valence-corrected chi connectivity index (χ0v) is 11.5. The molecule has 0 radical (unpaired) electrons. The Morgan fingerprint density at radius 3 is 3.06 bits per heavy atom. The predicted molar refractivity (Wildman–Crippen MR) is 73.5 cm³/mol. The summed E-state index contributed by atoms with van der Waals surface area (Å²) in [5.74, 6) is 0.945. The molecule has 5 nitrogen and oxygen atoms in total. The number of rotatable bonds is 9. The maximum Gasteiger partial charge on any atom is 0.220 e. The number of hydrogen-bond acceptors (Lipinski definition) is 4. The van der Waals surface area contributed by atoms with Gasteiger partial charge in [-0.15, -0.1) is 0 Å². The zero-order valence-electron chi connectivity index (χ0n) is 10.7. The molecule has 1 heterocycles. The Labute approximate surface area is 112 Å². The van der Waals surface area contributed by atoms with Crippen LogP contribution >= 0.6 is 11.8 Å². The first-order valence-corrected chi connectivity index (χ1v) is 7.52. The Balaban J connectivity index is 2.15. The number of aromatic nitrogens is 2. The molecule has 0 aliphatic carbocycles. The molecule has 1 amide bonds. The monoisotopic (exact) mass is 271 g/mol. The van der Waals surface area contributed by atoms with Gasteiger partial charge in [0.25, 0.3) is 0 Å². The number of carbonyl (C=O) groups is 1.